The summed E-state index contributed by atoms with van der Waals surface area (Å²) in [6, 6.07) is 0. The molecule has 7 heteroatoms. The number of hydrogen-bond acceptors (Lipinski definition) is 4. The Labute approximate surface area is 114 Å². The van der Waals surface area contributed by atoms with E-state index in [0.29, 0.717) is 24.6 Å². The van der Waals surface area contributed by atoms with Crippen molar-refractivity contribution in [2.24, 2.45) is 7.05 Å². The number of carboxylic acid groups (broad SMARTS) is 1. The van der Waals surface area contributed by atoms with Crippen LogP contribution in [0.4, 0.5) is 5.82 Å². The second kappa shape index (κ2) is 5.56. The summed E-state index contributed by atoms with van der Waals surface area (Å²) in [5.74, 6) is 1.21. The minimum Gasteiger partial charge on any atom is -0.478 e. The SMILES string of the molecule is Cc1nn(C)c(N2CCS(=O)CC2)c1/C=C/C(=O)O. The topological polar surface area (TPSA) is 75.4 Å². The second-order valence-electron chi connectivity index (χ2n) is 4.45. The third kappa shape index (κ3) is 3.04. The van der Waals surface area contributed by atoms with Crippen LogP contribution in [0, 0.1) is 6.92 Å². The van der Waals surface area contributed by atoms with Crippen LogP contribution in [0.1, 0.15) is 11.3 Å². The summed E-state index contributed by atoms with van der Waals surface area (Å²) >= 11 is 0. The summed E-state index contributed by atoms with van der Waals surface area (Å²) in [6.07, 6.45) is 2.70. The quantitative estimate of drug-likeness (QED) is 0.812. The van der Waals surface area contributed by atoms with Crippen molar-refractivity contribution in [2.45, 2.75) is 6.92 Å². The van der Waals surface area contributed by atoms with Crippen LogP contribution in [0.3, 0.4) is 0 Å². The van der Waals surface area contributed by atoms with Crippen molar-refractivity contribution >= 4 is 28.7 Å². The summed E-state index contributed by atoms with van der Waals surface area (Å²) in [5.41, 5.74) is 1.61. The van der Waals surface area contributed by atoms with E-state index in [1.54, 1.807) is 10.8 Å². The Morgan fingerprint density at radius 3 is 2.63 bits per heavy atom. The number of carboxylic acids is 1. The Bertz CT molecular complexity index is 541. The van der Waals surface area contributed by atoms with Gasteiger partial charge < -0.3 is 10.0 Å². The fourth-order valence-corrected chi connectivity index (χ4v) is 3.29. The molecule has 104 valence electrons. The molecule has 0 spiro atoms. The zero-order valence-electron chi connectivity index (χ0n) is 11.0. The van der Waals surface area contributed by atoms with Crippen LogP contribution in [-0.2, 0) is 22.6 Å². The van der Waals surface area contributed by atoms with E-state index in [1.807, 2.05) is 14.0 Å². The molecule has 19 heavy (non-hydrogen) atoms. The molecule has 1 N–H and O–H groups in total. The van der Waals surface area contributed by atoms with Gasteiger partial charge in [0, 0.05) is 54.1 Å². The molecule has 0 aliphatic carbocycles. The second-order valence-corrected chi connectivity index (χ2v) is 6.15. The Balaban J connectivity index is 2.33. The van der Waals surface area contributed by atoms with Crippen LogP contribution >= 0.6 is 0 Å². The van der Waals surface area contributed by atoms with Gasteiger partial charge in [0.25, 0.3) is 0 Å². The minimum absolute atomic E-state index is 0.645. The molecule has 1 aliphatic heterocycles. The molecule has 1 saturated heterocycles. The van der Waals surface area contributed by atoms with E-state index in [9.17, 15) is 9.00 Å². The maximum Gasteiger partial charge on any atom is 0.328 e. The first-order valence-corrected chi connectivity index (χ1v) is 7.52. The Morgan fingerprint density at radius 2 is 2.05 bits per heavy atom. The molecule has 0 radical (unpaired) electrons. The number of aliphatic carboxylic acids is 1. The molecular formula is C12H17N3O3S. The minimum atomic E-state index is -0.978. The molecule has 0 bridgehead atoms. The fourth-order valence-electron chi connectivity index (χ4n) is 2.24. The normalized spacial score (nSPS) is 17.3. The predicted molar refractivity (Wildman–Crippen MR) is 74.7 cm³/mol. The van der Waals surface area contributed by atoms with Gasteiger partial charge in [-0.25, -0.2) is 4.79 Å². The summed E-state index contributed by atoms with van der Waals surface area (Å²) < 4.78 is 13.2. The van der Waals surface area contributed by atoms with Gasteiger partial charge in [0.1, 0.15) is 5.82 Å². The van der Waals surface area contributed by atoms with Crippen molar-refractivity contribution in [2.75, 3.05) is 29.5 Å². The van der Waals surface area contributed by atoms with Crippen molar-refractivity contribution in [1.29, 1.82) is 0 Å². The highest BCUT2D eigenvalue weighted by Gasteiger charge is 2.22. The van der Waals surface area contributed by atoms with Gasteiger partial charge in [-0.2, -0.15) is 5.10 Å². The van der Waals surface area contributed by atoms with Gasteiger partial charge in [-0.15, -0.1) is 0 Å². The average molecular weight is 283 g/mol. The number of anilines is 1. The van der Waals surface area contributed by atoms with E-state index in [2.05, 4.69) is 10.00 Å². The van der Waals surface area contributed by atoms with E-state index in [1.165, 1.54) is 0 Å². The summed E-state index contributed by atoms with van der Waals surface area (Å²) in [6.45, 7) is 3.27. The molecule has 2 heterocycles. The molecule has 0 aromatic carbocycles. The van der Waals surface area contributed by atoms with Gasteiger partial charge >= 0.3 is 5.97 Å². The van der Waals surface area contributed by atoms with E-state index in [4.69, 9.17) is 5.11 Å². The first-order valence-electron chi connectivity index (χ1n) is 6.03. The van der Waals surface area contributed by atoms with Crippen molar-refractivity contribution in [3.8, 4) is 0 Å². The van der Waals surface area contributed by atoms with Crippen LogP contribution in [0.15, 0.2) is 6.08 Å². The Hall–Kier alpha value is -1.63. The first kappa shape index (κ1) is 13.8. The number of aryl methyl sites for hydroxylation is 2. The Morgan fingerprint density at radius 1 is 1.42 bits per heavy atom. The van der Waals surface area contributed by atoms with Crippen LogP contribution in [0.25, 0.3) is 6.08 Å². The molecule has 1 aliphatic rings. The summed E-state index contributed by atoms with van der Waals surface area (Å²) in [5, 5.41) is 13.1. The zero-order chi connectivity index (χ0) is 14.0. The number of hydrogen-bond donors (Lipinski definition) is 1. The lowest BCUT2D eigenvalue weighted by atomic mass is 10.2. The summed E-state index contributed by atoms with van der Waals surface area (Å²) in [4.78, 5) is 12.8. The third-order valence-electron chi connectivity index (χ3n) is 3.11. The molecule has 0 atom stereocenters. The number of nitrogens with zero attached hydrogens (tertiary/aromatic N) is 3. The van der Waals surface area contributed by atoms with E-state index >= 15 is 0 Å². The van der Waals surface area contributed by atoms with E-state index in [-0.39, 0.29) is 0 Å². The van der Waals surface area contributed by atoms with Gasteiger partial charge in [0.2, 0.25) is 0 Å². The monoisotopic (exact) mass is 283 g/mol. The van der Waals surface area contributed by atoms with Crippen LogP contribution in [-0.4, -0.2) is 49.7 Å². The standard InChI is InChI=1S/C12H17N3O3S/c1-9-10(3-4-11(16)17)12(14(2)13-9)15-5-7-19(18)8-6-15/h3-4H,5-8H2,1-2H3,(H,16,17)/b4-3+. The van der Waals surface area contributed by atoms with Crippen molar-refractivity contribution in [3.05, 3.63) is 17.3 Å². The van der Waals surface area contributed by atoms with Gasteiger partial charge in [-0.3, -0.25) is 8.89 Å². The largest absolute Gasteiger partial charge is 0.478 e. The molecule has 6 nitrogen and oxygen atoms in total. The molecule has 1 fully saturated rings. The molecule has 0 saturated carbocycles. The molecule has 0 unspecified atom stereocenters. The lowest BCUT2D eigenvalue weighted by Crippen LogP contribution is -2.39. The molecule has 1 aromatic heterocycles. The van der Waals surface area contributed by atoms with E-state index in [0.717, 1.165) is 23.2 Å². The molecule has 0 amide bonds. The summed E-state index contributed by atoms with van der Waals surface area (Å²) in [7, 11) is 1.10. The lowest BCUT2D eigenvalue weighted by Gasteiger charge is -2.28. The number of rotatable bonds is 3. The van der Waals surface area contributed by atoms with E-state index < -0.39 is 16.8 Å². The maximum absolute atomic E-state index is 11.4. The zero-order valence-corrected chi connectivity index (χ0v) is 11.8. The first-order chi connectivity index (χ1) is 8.99. The highest BCUT2D eigenvalue weighted by atomic mass is 32.2. The average Bonchev–Trinajstić information content (AvgIpc) is 2.62. The van der Waals surface area contributed by atoms with Crippen molar-refractivity contribution < 1.29 is 14.1 Å². The van der Waals surface area contributed by atoms with Crippen LogP contribution < -0.4 is 4.90 Å². The number of carbonyl (C=O) groups is 1. The van der Waals surface area contributed by atoms with Gasteiger partial charge in [-0.05, 0) is 13.0 Å². The van der Waals surface area contributed by atoms with Gasteiger partial charge in [0.05, 0.1) is 5.69 Å². The van der Waals surface area contributed by atoms with Crippen LogP contribution in [0.2, 0.25) is 0 Å². The molecule has 2 rings (SSSR count). The highest BCUT2D eigenvalue weighted by molar-refractivity contribution is 7.85. The molecule has 1 aromatic rings. The third-order valence-corrected chi connectivity index (χ3v) is 4.38. The van der Waals surface area contributed by atoms with Crippen molar-refractivity contribution in [1.82, 2.24) is 9.78 Å². The van der Waals surface area contributed by atoms with Crippen molar-refractivity contribution in [3.63, 3.8) is 0 Å². The Kier molecular flexibility index (Phi) is 4.04. The smallest absolute Gasteiger partial charge is 0.328 e. The van der Waals surface area contributed by atoms with Crippen LogP contribution in [0.5, 0.6) is 0 Å². The van der Waals surface area contributed by atoms with Gasteiger partial charge in [-0.1, -0.05) is 0 Å². The number of aromatic nitrogens is 2. The maximum atomic E-state index is 11.4. The predicted octanol–water partition coefficient (Wildman–Crippen LogP) is 0.395. The fraction of sp³-hybridized carbons (Fsp3) is 0.500. The highest BCUT2D eigenvalue weighted by Crippen LogP contribution is 2.25. The molecular weight excluding hydrogens is 266 g/mol. The van der Waals surface area contributed by atoms with Gasteiger partial charge in [0.15, 0.2) is 0 Å². The lowest BCUT2D eigenvalue weighted by molar-refractivity contribution is -0.131.